The summed E-state index contributed by atoms with van der Waals surface area (Å²) in [6, 6.07) is 14.4. The minimum atomic E-state index is -0.564. The van der Waals surface area contributed by atoms with Gasteiger partial charge >= 0.3 is 0 Å². The minimum absolute atomic E-state index is 0.132. The van der Waals surface area contributed by atoms with Gasteiger partial charge < -0.3 is 10.1 Å². The zero-order chi connectivity index (χ0) is 18.9. The fraction of sp³-hybridized carbons (Fsp3) is 0.409. The highest BCUT2D eigenvalue weighted by Gasteiger charge is 2.17. The predicted molar refractivity (Wildman–Crippen MR) is 103 cm³/mol. The molecule has 26 heavy (non-hydrogen) atoms. The summed E-state index contributed by atoms with van der Waals surface area (Å²) >= 11 is 0. The lowest BCUT2D eigenvalue weighted by molar-refractivity contribution is -0.128. The van der Waals surface area contributed by atoms with Crippen LogP contribution in [-0.2, 0) is 11.2 Å². The zero-order valence-electron chi connectivity index (χ0n) is 15.8. The lowest BCUT2D eigenvalue weighted by Gasteiger charge is -2.17. The quantitative estimate of drug-likeness (QED) is 0.651. The van der Waals surface area contributed by atoms with Gasteiger partial charge in [0.25, 0.3) is 5.91 Å². The number of carbonyl (C=O) groups excluding carboxylic acids is 1. The van der Waals surface area contributed by atoms with Crippen molar-refractivity contribution in [2.24, 2.45) is 0 Å². The Hall–Kier alpha value is -2.36. The van der Waals surface area contributed by atoms with Crippen molar-refractivity contribution in [2.45, 2.75) is 52.1 Å². The molecular formula is C22H28FNO2. The Labute approximate surface area is 155 Å². The molecule has 0 saturated heterocycles. The number of aryl methyl sites for hydroxylation is 1. The van der Waals surface area contributed by atoms with Crippen LogP contribution in [0.1, 0.15) is 50.7 Å². The molecule has 0 aliphatic heterocycles. The van der Waals surface area contributed by atoms with E-state index in [9.17, 15) is 9.18 Å². The van der Waals surface area contributed by atoms with Crippen molar-refractivity contribution in [3.63, 3.8) is 0 Å². The third-order valence-corrected chi connectivity index (χ3v) is 4.34. The Morgan fingerprint density at radius 2 is 1.73 bits per heavy atom. The second kappa shape index (κ2) is 9.95. The first kappa shape index (κ1) is 20.0. The van der Waals surface area contributed by atoms with Gasteiger partial charge in [0.15, 0.2) is 6.10 Å². The average Bonchev–Trinajstić information content (AvgIpc) is 2.65. The third kappa shape index (κ3) is 6.17. The van der Waals surface area contributed by atoms with E-state index < -0.39 is 6.10 Å². The summed E-state index contributed by atoms with van der Waals surface area (Å²) in [7, 11) is 0. The van der Waals surface area contributed by atoms with E-state index in [0.29, 0.717) is 24.6 Å². The van der Waals surface area contributed by atoms with Crippen LogP contribution < -0.4 is 10.1 Å². The Kier molecular flexibility index (Phi) is 7.64. The van der Waals surface area contributed by atoms with Crippen molar-refractivity contribution >= 4 is 5.91 Å². The lowest BCUT2D eigenvalue weighted by atomic mass is 10.0. The average molecular weight is 357 g/mol. The van der Waals surface area contributed by atoms with Crippen molar-refractivity contribution in [2.75, 3.05) is 6.54 Å². The molecule has 1 atom stereocenters. The van der Waals surface area contributed by atoms with Crippen LogP contribution in [-0.4, -0.2) is 18.6 Å². The number of ether oxygens (including phenoxy) is 1. The number of rotatable bonds is 9. The van der Waals surface area contributed by atoms with Gasteiger partial charge in [-0.2, -0.15) is 0 Å². The number of benzene rings is 2. The molecule has 1 amide bonds. The molecule has 2 aromatic rings. The van der Waals surface area contributed by atoms with Crippen LogP contribution in [0.3, 0.4) is 0 Å². The molecule has 0 heterocycles. The Morgan fingerprint density at radius 1 is 1.08 bits per heavy atom. The maximum absolute atomic E-state index is 12.9. The van der Waals surface area contributed by atoms with E-state index in [0.717, 1.165) is 12.8 Å². The highest BCUT2D eigenvalue weighted by molar-refractivity contribution is 5.81. The van der Waals surface area contributed by atoms with Crippen LogP contribution in [0, 0.1) is 5.82 Å². The molecular weight excluding hydrogens is 329 g/mol. The van der Waals surface area contributed by atoms with Crippen molar-refractivity contribution in [1.29, 1.82) is 0 Å². The lowest BCUT2D eigenvalue weighted by Crippen LogP contribution is -2.38. The van der Waals surface area contributed by atoms with Crippen LogP contribution in [0.2, 0.25) is 0 Å². The van der Waals surface area contributed by atoms with Crippen LogP contribution in [0.5, 0.6) is 5.75 Å². The fourth-order valence-electron chi connectivity index (χ4n) is 2.69. The zero-order valence-corrected chi connectivity index (χ0v) is 15.8. The molecule has 1 unspecified atom stereocenters. The van der Waals surface area contributed by atoms with Gasteiger partial charge in [-0.15, -0.1) is 0 Å². The third-order valence-electron chi connectivity index (χ3n) is 4.34. The van der Waals surface area contributed by atoms with E-state index in [1.54, 1.807) is 0 Å². The molecule has 0 aliphatic rings. The van der Waals surface area contributed by atoms with Crippen LogP contribution in [0.25, 0.3) is 0 Å². The van der Waals surface area contributed by atoms with Gasteiger partial charge in [-0.3, -0.25) is 4.79 Å². The van der Waals surface area contributed by atoms with Crippen molar-refractivity contribution in [3.05, 3.63) is 65.5 Å². The summed E-state index contributed by atoms with van der Waals surface area (Å²) in [5.41, 5.74) is 2.61. The highest BCUT2D eigenvalue weighted by atomic mass is 19.1. The van der Waals surface area contributed by atoms with Crippen molar-refractivity contribution in [3.8, 4) is 5.75 Å². The Morgan fingerprint density at radius 3 is 2.31 bits per heavy atom. The fourth-order valence-corrected chi connectivity index (χ4v) is 2.69. The van der Waals surface area contributed by atoms with Gasteiger partial charge in [0.1, 0.15) is 11.6 Å². The van der Waals surface area contributed by atoms with Crippen molar-refractivity contribution < 1.29 is 13.9 Å². The molecule has 4 heteroatoms. The number of nitrogens with one attached hydrogen (secondary N) is 1. The maximum atomic E-state index is 12.9. The SMILES string of the molecule is CCC(Oc1ccc(F)cc1)C(=O)NCCCc1ccc(C(C)C)cc1. The number of hydrogen-bond acceptors (Lipinski definition) is 2. The first-order valence-electron chi connectivity index (χ1n) is 9.28. The summed E-state index contributed by atoms with van der Waals surface area (Å²) in [4.78, 5) is 12.3. The molecule has 2 aromatic carbocycles. The monoisotopic (exact) mass is 357 g/mol. The molecule has 1 N–H and O–H groups in total. The van der Waals surface area contributed by atoms with Crippen molar-refractivity contribution in [1.82, 2.24) is 5.32 Å². The largest absolute Gasteiger partial charge is 0.481 e. The van der Waals surface area contributed by atoms with E-state index in [1.807, 2.05) is 6.92 Å². The van der Waals surface area contributed by atoms with Gasteiger partial charge in [-0.1, -0.05) is 45.0 Å². The standard InChI is InChI=1S/C22H28FNO2/c1-4-21(26-20-13-11-19(23)12-14-20)22(25)24-15-5-6-17-7-9-18(10-8-17)16(2)3/h7-14,16,21H,4-6,15H2,1-3H3,(H,24,25). The molecule has 0 fully saturated rings. The smallest absolute Gasteiger partial charge is 0.261 e. The van der Waals surface area contributed by atoms with Gasteiger partial charge in [-0.05, 0) is 60.6 Å². The van der Waals surface area contributed by atoms with E-state index in [2.05, 4.69) is 43.4 Å². The first-order valence-corrected chi connectivity index (χ1v) is 9.28. The number of carbonyl (C=O) groups is 1. The molecule has 0 spiro atoms. The predicted octanol–water partition coefficient (Wildman–Crippen LogP) is 4.86. The molecule has 0 aromatic heterocycles. The van der Waals surface area contributed by atoms with Gasteiger partial charge in [0, 0.05) is 6.54 Å². The molecule has 3 nitrogen and oxygen atoms in total. The molecule has 140 valence electrons. The van der Waals surface area contributed by atoms with E-state index in [-0.39, 0.29) is 11.7 Å². The Balaban J connectivity index is 1.75. The van der Waals surface area contributed by atoms with E-state index in [1.165, 1.54) is 35.4 Å². The normalized spacial score (nSPS) is 12.0. The number of hydrogen-bond donors (Lipinski definition) is 1. The summed E-state index contributed by atoms with van der Waals surface area (Å²) in [6.45, 7) is 6.86. The molecule has 0 bridgehead atoms. The maximum Gasteiger partial charge on any atom is 0.261 e. The number of amides is 1. The van der Waals surface area contributed by atoms with Gasteiger partial charge in [-0.25, -0.2) is 4.39 Å². The topological polar surface area (TPSA) is 38.3 Å². The first-order chi connectivity index (χ1) is 12.5. The van der Waals surface area contributed by atoms with E-state index >= 15 is 0 Å². The van der Waals surface area contributed by atoms with Crippen LogP contribution in [0.15, 0.2) is 48.5 Å². The van der Waals surface area contributed by atoms with Gasteiger partial charge in [0.2, 0.25) is 0 Å². The summed E-state index contributed by atoms with van der Waals surface area (Å²) in [5, 5.41) is 2.93. The summed E-state index contributed by atoms with van der Waals surface area (Å²) in [6.07, 6.45) is 1.79. The molecule has 2 rings (SSSR count). The second-order valence-corrected chi connectivity index (χ2v) is 6.76. The van der Waals surface area contributed by atoms with Crippen LogP contribution in [0.4, 0.5) is 4.39 Å². The molecule has 0 saturated carbocycles. The molecule has 0 radical (unpaired) electrons. The Bertz CT molecular complexity index is 680. The van der Waals surface area contributed by atoms with E-state index in [4.69, 9.17) is 4.74 Å². The number of halogens is 1. The summed E-state index contributed by atoms with van der Waals surface area (Å²) in [5.74, 6) is 0.581. The van der Waals surface area contributed by atoms with Gasteiger partial charge in [0.05, 0.1) is 0 Å². The minimum Gasteiger partial charge on any atom is -0.481 e. The second-order valence-electron chi connectivity index (χ2n) is 6.76. The molecule has 0 aliphatic carbocycles. The summed E-state index contributed by atoms with van der Waals surface area (Å²) < 4.78 is 18.6. The van der Waals surface area contributed by atoms with Crippen LogP contribution >= 0.6 is 0 Å². The highest BCUT2D eigenvalue weighted by Crippen LogP contribution is 2.16.